The predicted molar refractivity (Wildman–Crippen MR) is 54.4 cm³/mol. The lowest BCUT2D eigenvalue weighted by Gasteiger charge is -2.20. The minimum Gasteiger partial charge on any atom is -0.386 e. The first kappa shape index (κ1) is 10.8. The van der Waals surface area contributed by atoms with E-state index in [-0.39, 0.29) is 19.0 Å². The molecule has 1 atom stereocenters. The van der Waals surface area contributed by atoms with Gasteiger partial charge in [0.05, 0.1) is 6.61 Å². The van der Waals surface area contributed by atoms with Crippen molar-refractivity contribution in [2.24, 2.45) is 0 Å². The van der Waals surface area contributed by atoms with Gasteiger partial charge in [-0.2, -0.15) is 0 Å². The Morgan fingerprint density at radius 1 is 1.56 bits per heavy atom. The Balaban J connectivity index is 2.04. The van der Waals surface area contributed by atoms with Crippen molar-refractivity contribution in [2.75, 3.05) is 25.1 Å². The van der Waals surface area contributed by atoms with Crippen molar-refractivity contribution < 1.29 is 9.84 Å². The van der Waals surface area contributed by atoms with E-state index in [1.807, 2.05) is 4.98 Å². The standard InChI is InChI=1S/C8H12N4O4/c13-6-5(11-12-7(14)10-6)9-3-8(15)1-2-16-4-8/h15H,1-4H2,(H,9,11)(H2,10,12,13,14). The van der Waals surface area contributed by atoms with Crippen LogP contribution in [-0.2, 0) is 4.74 Å². The molecule has 16 heavy (non-hydrogen) atoms. The zero-order valence-corrected chi connectivity index (χ0v) is 8.45. The molecule has 1 saturated heterocycles. The summed E-state index contributed by atoms with van der Waals surface area (Å²) in [4.78, 5) is 24.0. The molecule has 1 aliphatic rings. The Morgan fingerprint density at radius 2 is 2.38 bits per heavy atom. The maximum Gasteiger partial charge on any atom is 0.342 e. The number of anilines is 1. The first-order chi connectivity index (χ1) is 7.59. The molecular formula is C8H12N4O4. The molecule has 2 heterocycles. The van der Waals surface area contributed by atoms with Gasteiger partial charge in [0.2, 0.25) is 5.82 Å². The van der Waals surface area contributed by atoms with Crippen LogP contribution in [0.25, 0.3) is 0 Å². The molecule has 0 bridgehead atoms. The lowest BCUT2D eigenvalue weighted by molar-refractivity contribution is 0.0381. The number of nitrogens with zero attached hydrogens (tertiary/aromatic N) is 1. The van der Waals surface area contributed by atoms with E-state index < -0.39 is 16.9 Å². The van der Waals surface area contributed by atoms with Crippen LogP contribution in [0.4, 0.5) is 5.82 Å². The van der Waals surface area contributed by atoms with Gasteiger partial charge >= 0.3 is 5.69 Å². The van der Waals surface area contributed by atoms with Gasteiger partial charge in [0.15, 0.2) is 0 Å². The first-order valence-corrected chi connectivity index (χ1v) is 4.82. The number of nitrogens with one attached hydrogen (secondary N) is 3. The van der Waals surface area contributed by atoms with Crippen molar-refractivity contribution in [1.29, 1.82) is 0 Å². The fourth-order valence-corrected chi connectivity index (χ4v) is 1.45. The summed E-state index contributed by atoms with van der Waals surface area (Å²) in [6.45, 7) is 0.865. The molecule has 0 radical (unpaired) electrons. The van der Waals surface area contributed by atoms with E-state index in [2.05, 4.69) is 15.5 Å². The van der Waals surface area contributed by atoms with Crippen molar-refractivity contribution in [3.63, 3.8) is 0 Å². The number of aliphatic hydroxyl groups is 1. The van der Waals surface area contributed by atoms with Crippen LogP contribution < -0.4 is 16.6 Å². The molecule has 1 fully saturated rings. The van der Waals surface area contributed by atoms with Crippen molar-refractivity contribution in [3.8, 4) is 0 Å². The number of hydrogen-bond acceptors (Lipinski definition) is 6. The van der Waals surface area contributed by atoms with Gasteiger partial charge < -0.3 is 15.2 Å². The Bertz CT molecular complexity index is 473. The molecule has 1 unspecified atom stereocenters. The lowest BCUT2D eigenvalue weighted by Crippen LogP contribution is -2.39. The molecule has 0 aliphatic carbocycles. The van der Waals surface area contributed by atoms with Crippen LogP contribution in [0.15, 0.2) is 9.59 Å². The minimum absolute atomic E-state index is 0.0278. The largest absolute Gasteiger partial charge is 0.386 e. The van der Waals surface area contributed by atoms with E-state index in [4.69, 9.17) is 4.74 Å². The topological polar surface area (TPSA) is 120 Å². The van der Waals surface area contributed by atoms with Crippen molar-refractivity contribution in [1.82, 2.24) is 15.2 Å². The van der Waals surface area contributed by atoms with Gasteiger partial charge in [0, 0.05) is 19.6 Å². The fraction of sp³-hybridized carbons (Fsp3) is 0.625. The molecule has 0 aromatic carbocycles. The third-order valence-electron chi connectivity index (χ3n) is 2.38. The van der Waals surface area contributed by atoms with Crippen LogP contribution in [0.2, 0.25) is 0 Å². The first-order valence-electron chi connectivity index (χ1n) is 4.82. The lowest BCUT2D eigenvalue weighted by atomic mass is 10.0. The normalized spacial score (nSPS) is 24.6. The summed E-state index contributed by atoms with van der Waals surface area (Å²) in [5.41, 5.74) is -2.27. The van der Waals surface area contributed by atoms with Crippen LogP contribution >= 0.6 is 0 Å². The summed E-state index contributed by atoms with van der Waals surface area (Å²) < 4.78 is 5.04. The molecule has 8 heteroatoms. The molecule has 1 aromatic heterocycles. The Labute approximate surface area is 89.7 Å². The van der Waals surface area contributed by atoms with Crippen LogP contribution in [0.3, 0.4) is 0 Å². The fourth-order valence-electron chi connectivity index (χ4n) is 1.45. The predicted octanol–water partition coefficient (Wildman–Crippen LogP) is -1.98. The van der Waals surface area contributed by atoms with E-state index in [9.17, 15) is 14.7 Å². The van der Waals surface area contributed by atoms with Gasteiger partial charge in [0.25, 0.3) is 5.56 Å². The average Bonchev–Trinajstić information content (AvgIpc) is 2.64. The van der Waals surface area contributed by atoms with Gasteiger partial charge in [-0.05, 0) is 0 Å². The summed E-state index contributed by atoms with van der Waals surface area (Å²) in [5.74, 6) is -0.0278. The summed E-state index contributed by atoms with van der Waals surface area (Å²) in [6, 6.07) is 0. The number of ether oxygens (including phenoxy) is 1. The van der Waals surface area contributed by atoms with E-state index >= 15 is 0 Å². The summed E-state index contributed by atoms with van der Waals surface area (Å²) >= 11 is 0. The van der Waals surface area contributed by atoms with Gasteiger partial charge in [-0.1, -0.05) is 0 Å². The third-order valence-corrected chi connectivity index (χ3v) is 2.38. The molecule has 1 aliphatic heterocycles. The minimum atomic E-state index is -0.982. The van der Waals surface area contributed by atoms with Gasteiger partial charge in [0.1, 0.15) is 5.60 Å². The van der Waals surface area contributed by atoms with E-state index in [1.54, 1.807) is 0 Å². The van der Waals surface area contributed by atoms with Gasteiger partial charge in [-0.3, -0.25) is 9.78 Å². The quantitative estimate of drug-likeness (QED) is 0.476. The molecule has 8 nitrogen and oxygen atoms in total. The highest BCUT2D eigenvalue weighted by atomic mass is 16.5. The molecule has 0 saturated carbocycles. The molecule has 0 spiro atoms. The number of H-pyrrole nitrogens is 2. The second-order valence-corrected chi connectivity index (χ2v) is 3.74. The number of hydrogen-bond donors (Lipinski definition) is 4. The second kappa shape index (κ2) is 4.06. The molecule has 0 amide bonds. The van der Waals surface area contributed by atoms with Crippen LogP contribution in [0.1, 0.15) is 6.42 Å². The van der Waals surface area contributed by atoms with Gasteiger partial charge in [-0.25, -0.2) is 9.89 Å². The highest BCUT2D eigenvalue weighted by Gasteiger charge is 2.32. The molecule has 2 rings (SSSR count). The average molecular weight is 228 g/mol. The van der Waals surface area contributed by atoms with Crippen molar-refractivity contribution >= 4 is 5.82 Å². The number of aromatic nitrogens is 3. The number of rotatable bonds is 3. The maximum atomic E-state index is 11.2. The third kappa shape index (κ3) is 2.28. The van der Waals surface area contributed by atoms with E-state index in [0.29, 0.717) is 13.0 Å². The highest BCUT2D eigenvalue weighted by molar-refractivity contribution is 5.29. The zero-order chi connectivity index (χ0) is 11.6. The summed E-state index contributed by atoms with van der Waals surface area (Å²) in [6.07, 6.45) is 0.501. The molecule has 4 N–H and O–H groups in total. The smallest absolute Gasteiger partial charge is 0.342 e. The Kier molecular flexibility index (Phi) is 2.75. The van der Waals surface area contributed by atoms with Crippen molar-refractivity contribution in [3.05, 3.63) is 20.8 Å². The Hall–Kier alpha value is -1.67. The van der Waals surface area contributed by atoms with Crippen LogP contribution in [-0.4, -0.2) is 45.6 Å². The van der Waals surface area contributed by atoms with E-state index in [0.717, 1.165) is 0 Å². The monoisotopic (exact) mass is 228 g/mol. The zero-order valence-electron chi connectivity index (χ0n) is 8.45. The highest BCUT2D eigenvalue weighted by Crippen LogP contribution is 2.17. The van der Waals surface area contributed by atoms with Crippen LogP contribution in [0, 0.1) is 0 Å². The second-order valence-electron chi connectivity index (χ2n) is 3.74. The van der Waals surface area contributed by atoms with Crippen molar-refractivity contribution in [2.45, 2.75) is 12.0 Å². The summed E-state index contributed by atoms with van der Waals surface area (Å²) in [7, 11) is 0. The van der Waals surface area contributed by atoms with Crippen LogP contribution in [0.5, 0.6) is 0 Å². The molecule has 1 aromatic rings. The number of aromatic amines is 2. The maximum absolute atomic E-state index is 11.2. The molecular weight excluding hydrogens is 216 g/mol. The molecule has 88 valence electrons. The van der Waals surface area contributed by atoms with Gasteiger partial charge in [-0.15, -0.1) is 5.10 Å². The SMILES string of the molecule is O=c1[nH]nc(NCC2(O)CCOC2)c(=O)[nH]1. The Morgan fingerprint density at radius 3 is 3.00 bits per heavy atom. The summed E-state index contributed by atoms with van der Waals surface area (Å²) in [5, 5.41) is 18.2. The van der Waals surface area contributed by atoms with E-state index in [1.165, 1.54) is 0 Å².